The monoisotopic (exact) mass is 903 g/mol. The van der Waals surface area contributed by atoms with Gasteiger partial charge in [-0.25, -0.2) is 0 Å². The van der Waals surface area contributed by atoms with Crippen LogP contribution in [0.2, 0.25) is 0 Å². The van der Waals surface area contributed by atoms with E-state index in [1.54, 1.807) is 0 Å². The van der Waals surface area contributed by atoms with Crippen LogP contribution in [0.1, 0.15) is 13.8 Å². The zero-order valence-corrected chi connectivity index (χ0v) is 39.1. The molecule has 0 radical (unpaired) electrons. The average molecular weight is 904 g/mol. The number of rotatable bonds is 9. The molecule has 6 aromatic carbocycles. The van der Waals surface area contributed by atoms with Gasteiger partial charge in [0, 0.05) is 17.9 Å². The van der Waals surface area contributed by atoms with Crippen LogP contribution in [0.4, 0.5) is 45.5 Å². The molecule has 0 amide bonds. The standard InChI is InChI=1S/C37H30N7O12PS2.2Na/c1-18(45)38-22-4-8-26-20(12-22)14-32(58(50,51)52)34(36(26)47)43-41-24-6-10-28-30(16-24)57(49,56-3)31-17-25(7-11-29(31)40-28)42-44-35-33(59(53,54)55)15-21-13-23(39-19(2)46)5-9-27(21)37(35)48;;/h4-17,40,47-48H,1-3H3,(H,38,45)(H,39,46)(H,50,51,52)(H,53,54,55);;/q;2*+1/p-2. The van der Waals surface area contributed by atoms with E-state index in [0.717, 1.165) is 12.1 Å². The molecule has 0 spiro atoms. The number of nitrogens with one attached hydrogen (secondary N) is 1. The molecule has 5 N–H and O–H groups in total. The maximum Gasteiger partial charge on any atom is 1.00 e. The van der Waals surface area contributed by atoms with Crippen molar-refractivity contribution in [3.63, 3.8) is 0 Å². The first-order valence-corrected chi connectivity index (χ1v) is 21.3. The van der Waals surface area contributed by atoms with Crippen LogP contribution in [0.3, 0.4) is 0 Å². The van der Waals surface area contributed by atoms with E-state index >= 15 is 0 Å². The second-order valence-corrected chi connectivity index (χ2v) is 18.0. The number of benzene rings is 6. The Hall–Kier alpha value is -4.61. The Morgan fingerprint density at radius 3 is 1.33 bits per heavy atom. The molecule has 0 aromatic heterocycles. The van der Waals surface area contributed by atoms with Crippen LogP contribution in [-0.4, -0.2) is 55.1 Å². The smallest absolute Gasteiger partial charge is 0.862 e. The molecule has 0 atom stereocenters. The summed E-state index contributed by atoms with van der Waals surface area (Å²) in [6.07, 6.45) is 0. The normalized spacial score (nSPS) is 15.6. The van der Waals surface area contributed by atoms with Crippen LogP contribution < -0.4 is 85.3 Å². The van der Waals surface area contributed by atoms with Gasteiger partial charge in [0.15, 0.2) is 11.5 Å². The Bertz CT molecular complexity index is 2990. The maximum atomic E-state index is 14.7. The third-order valence-corrected chi connectivity index (χ3v) is 13.1. The van der Waals surface area contributed by atoms with E-state index in [4.69, 9.17) is 4.52 Å². The van der Waals surface area contributed by atoms with Crippen LogP contribution in [0.25, 0.3) is 21.5 Å². The number of fused-ring (bicyclic) bond motifs is 4. The SMILES string of the molecule is COP1(=O)c2cc(N=Nc3c(S(=O)(=O)O)cc4cc(N=C(C)[O-])ccc4c3O)ccc2Nc2ccc(N=Nc3c(S(=O)(=O)O)cc4cc(N=C(C)[O-])ccc4c3O)cc21.[Na+].[Na+]. The summed E-state index contributed by atoms with van der Waals surface area (Å²) >= 11 is 0. The summed E-state index contributed by atoms with van der Waals surface area (Å²) < 4.78 is 90.0. The number of hydrogen-bond acceptors (Lipinski definition) is 17. The number of phenolic OH excluding ortho intramolecular Hbond substituents is 2. The van der Waals surface area contributed by atoms with Crippen LogP contribution in [-0.2, 0) is 29.3 Å². The topological polar surface area (TPSA) is 308 Å². The minimum Gasteiger partial charge on any atom is -0.862 e. The molecule has 1 aliphatic heterocycles. The molecule has 1 aliphatic rings. The Morgan fingerprint density at radius 2 is 0.984 bits per heavy atom. The molecule has 0 saturated heterocycles. The molecule has 0 fully saturated rings. The molecule has 19 nitrogen and oxygen atoms in total. The van der Waals surface area contributed by atoms with Gasteiger partial charge in [-0.2, -0.15) is 27.1 Å². The van der Waals surface area contributed by atoms with E-state index in [2.05, 4.69) is 35.8 Å². The van der Waals surface area contributed by atoms with Gasteiger partial charge in [0.25, 0.3) is 27.6 Å². The molecular formula is C37H28N7Na2O12PS2. The van der Waals surface area contributed by atoms with Gasteiger partial charge in [0.05, 0.1) is 44.7 Å². The fourth-order valence-corrected chi connectivity index (χ4v) is 9.79. The summed E-state index contributed by atoms with van der Waals surface area (Å²) in [6, 6.07) is 18.9. The van der Waals surface area contributed by atoms with E-state index < -0.39 is 72.1 Å². The van der Waals surface area contributed by atoms with Crippen molar-refractivity contribution in [2.24, 2.45) is 30.4 Å². The van der Waals surface area contributed by atoms with Crippen molar-refractivity contribution in [2.75, 3.05) is 12.4 Å². The second-order valence-electron chi connectivity index (χ2n) is 12.8. The third kappa shape index (κ3) is 9.58. The van der Waals surface area contributed by atoms with Gasteiger partial charge >= 0.3 is 59.1 Å². The Morgan fingerprint density at radius 1 is 0.607 bits per heavy atom. The van der Waals surface area contributed by atoms with Crippen molar-refractivity contribution in [1.82, 2.24) is 0 Å². The van der Waals surface area contributed by atoms with Gasteiger partial charge in [0.1, 0.15) is 21.2 Å². The molecule has 302 valence electrons. The number of anilines is 2. The van der Waals surface area contributed by atoms with Crippen molar-refractivity contribution in [3.8, 4) is 11.5 Å². The Kier molecular flexibility index (Phi) is 14.0. The molecule has 0 unspecified atom stereocenters. The number of nitrogens with zero attached hydrogens (tertiary/aromatic N) is 6. The number of hydrogen-bond donors (Lipinski definition) is 5. The maximum absolute atomic E-state index is 14.7. The number of phenols is 2. The Balaban J connectivity index is 0.00000352. The first-order chi connectivity index (χ1) is 27.8. The summed E-state index contributed by atoms with van der Waals surface area (Å²) in [7, 11) is -12.8. The second kappa shape index (κ2) is 18.0. The van der Waals surface area contributed by atoms with Crippen LogP contribution in [0.15, 0.2) is 125 Å². The molecule has 61 heavy (non-hydrogen) atoms. The van der Waals surface area contributed by atoms with E-state index in [-0.39, 0.29) is 114 Å². The van der Waals surface area contributed by atoms with E-state index in [0.29, 0.717) is 11.4 Å². The van der Waals surface area contributed by atoms with Crippen LogP contribution >= 0.6 is 7.37 Å². The molecule has 0 aliphatic carbocycles. The fourth-order valence-electron chi connectivity index (χ4n) is 6.32. The predicted molar refractivity (Wildman–Crippen MR) is 215 cm³/mol. The van der Waals surface area contributed by atoms with E-state index in [1.807, 2.05) is 0 Å². The minimum absolute atomic E-state index is 0. The summed E-state index contributed by atoms with van der Waals surface area (Å²) in [5, 5.41) is 64.9. The molecule has 1 heterocycles. The van der Waals surface area contributed by atoms with E-state index in [1.165, 1.54) is 93.8 Å². The molecule has 24 heteroatoms. The minimum atomic E-state index is -4.98. The number of azo groups is 2. The van der Waals surface area contributed by atoms with Gasteiger partial charge in [-0.1, -0.05) is 0 Å². The largest absolute Gasteiger partial charge is 1.00 e. The van der Waals surface area contributed by atoms with Gasteiger partial charge in [-0.3, -0.25) is 23.7 Å². The molecule has 0 bridgehead atoms. The summed E-state index contributed by atoms with van der Waals surface area (Å²) in [5.74, 6) is -2.34. The summed E-state index contributed by atoms with van der Waals surface area (Å²) in [4.78, 5) is 5.99. The molecular weight excluding hydrogens is 876 g/mol. The number of aromatic hydroxyl groups is 2. The zero-order chi connectivity index (χ0) is 42.6. The fraction of sp³-hybridized carbons (Fsp3) is 0.0811. The van der Waals surface area contributed by atoms with Crippen LogP contribution in [0.5, 0.6) is 11.5 Å². The summed E-state index contributed by atoms with van der Waals surface area (Å²) in [6.45, 7) is 2.45. The van der Waals surface area contributed by atoms with Crippen molar-refractivity contribution in [2.45, 2.75) is 23.6 Å². The summed E-state index contributed by atoms with van der Waals surface area (Å²) in [5.41, 5.74) is -0.139. The van der Waals surface area contributed by atoms with Gasteiger partial charge in [-0.05, 0) is 121 Å². The zero-order valence-electron chi connectivity index (χ0n) is 32.6. The predicted octanol–water partition coefficient (Wildman–Crippen LogP) is 0.489. The van der Waals surface area contributed by atoms with Crippen molar-refractivity contribution < 1.29 is 115 Å². The molecule has 6 aromatic rings. The quantitative estimate of drug-likeness (QED) is 0.0330. The first-order valence-electron chi connectivity index (χ1n) is 16.8. The number of aliphatic imine (C=N–C) groups is 2. The average Bonchev–Trinajstić information content (AvgIpc) is 3.16. The molecule has 7 rings (SSSR count). The van der Waals surface area contributed by atoms with Crippen molar-refractivity contribution in [1.29, 1.82) is 0 Å². The van der Waals surface area contributed by atoms with E-state index in [9.17, 15) is 50.9 Å². The first kappa shape index (κ1) is 47.4. The molecule has 0 saturated carbocycles. The van der Waals surface area contributed by atoms with Gasteiger partial charge in [-0.15, -0.1) is 10.2 Å². The Labute approximate surface area is 391 Å². The van der Waals surface area contributed by atoms with Crippen molar-refractivity contribution >= 4 is 117 Å². The van der Waals surface area contributed by atoms with Gasteiger partial charge in [0.2, 0.25) is 0 Å². The van der Waals surface area contributed by atoms with Crippen molar-refractivity contribution in [3.05, 3.63) is 84.9 Å². The van der Waals surface area contributed by atoms with Crippen LogP contribution in [0, 0.1) is 0 Å². The third-order valence-electron chi connectivity index (χ3n) is 8.85. The van der Waals surface area contributed by atoms with Gasteiger partial charge < -0.3 is 30.3 Å².